The molecule has 0 aliphatic carbocycles. The largest absolute Gasteiger partial charge is 0.494 e. The molecule has 0 radical (unpaired) electrons. The molecule has 0 aliphatic rings. The zero-order valence-corrected chi connectivity index (χ0v) is 11.7. The first-order valence-electron chi connectivity index (χ1n) is 6.77. The maximum atomic E-state index is 5.71. The molecule has 0 spiro atoms. The molecule has 3 heteroatoms. The van der Waals surface area contributed by atoms with Crippen molar-refractivity contribution in [3.8, 4) is 5.75 Å². The second kappa shape index (κ2) is 8.95. The van der Waals surface area contributed by atoms with Crippen molar-refractivity contribution in [2.45, 2.75) is 32.8 Å². The first kappa shape index (κ1) is 15.0. The van der Waals surface area contributed by atoms with Crippen molar-refractivity contribution in [2.24, 2.45) is 0 Å². The maximum Gasteiger partial charge on any atom is 0.119 e. The van der Waals surface area contributed by atoms with E-state index in [0.29, 0.717) is 0 Å². The van der Waals surface area contributed by atoms with Crippen molar-refractivity contribution in [1.82, 2.24) is 5.32 Å². The van der Waals surface area contributed by atoms with Gasteiger partial charge in [-0.15, -0.1) is 0 Å². The van der Waals surface area contributed by atoms with Crippen LogP contribution in [-0.2, 0) is 4.74 Å². The second-order valence-electron chi connectivity index (χ2n) is 4.39. The monoisotopic (exact) mass is 251 g/mol. The van der Waals surface area contributed by atoms with Crippen LogP contribution in [0.5, 0.6) is 5.75 Å². The normalized spacial score (nSPS) is 12.4. The quantitative estimate of drug-likeness (QED) is 0.684. The number of hydrogen-bond acceptors (Lipinski definition) is 3. The van der Waals surface area contributed by atoms with Gasteiger partial charge in [0.15, 0.2) is 0 Å². The zero-order valence-electron chi connectivity index (χ0n) is 11.7. The fourth-order valence-electron chi connectivity index (χ4n) is 1.69. The van der Waals surface area contributed by atoms with Gasteiger partial charge in [-0.1, -0.05) is 19.1 Å². The van der Waals surface area contributed by atoms with Crippen molar-refractivity contribution < 1.29 is 9.47 Å². The van der Waals surface area contributed by atoms with Crippen LogP contribution in [0.25, 0.3) is 0 Å². The first-order chi connectivity index (χ1) is 8.77. The third-order valence-corrected chi connectivity index (χ3v) is 2.74. The van der Waals surface area contributed by atoms with Crippen LogP contribution in [0.1, 0.15) is 38.4 Å². The molecular formula is C15H25NO2. The van der Waals surface area contributed by atoms with E-state index >= 15 is 0 Å². The number of ether oxygens (including phenoxy) is 2. The molecule has 1 aromatic rings. The lowest BCUT2D eigenvalue weighted by Gasteiger charge is -2.14. The molecule has 0 heterocycles. The average Bonchev–Trinajstić information content (AvgIpc) is 2.41. The highest BCUT2D eigenvalue weighted by molar-refractivity contribution is 5.29. The highest BCUT2D eigenvalue weighted by atomic mass is 16.5. The highest BCUT2D eigenvalue weighted by Crippen LogP contribution is 2.21. The summed E-state index contributed by atoms with van der Waals surface area (Å²) in [4.78, 5) is 0. The lowest BCUT2D eigenvalue weighted by molar-refractivity contribution is 0.0661. The molecule has 1 unspecified atom stereocenters. The number of benzene rings is 1. The molecule has 0 aliphatic heterocycles. The van der Waals surface area contributed by atoms with E-state index in [4.69, 9.17) is 9.47 Å². The van der Waals surface area contributed by atoms with Crippen molar-refractivity contribution in [3.05, 3.63) is 29.8 Å². The minimum absolute atomic E-state index is 0.130. The number of rotatable bonds is 9. The molecular weight excluding hydrogens is 226 g/mol. The summed E-state index contributed by atoms with van der Waals surface area (Å²) in [5, 5.41) is 3.11. The van der Waals surface area contributed by atoms with Gasteiger partial charge in [0.1, 0.15) is 5.75 Å². The van der Waals surface area contributed by atoms with Crippen LogP contribution in [0, 0.1) is 0 Å². The fraction of sp³-hybridized carbons (Fsp3) is 0.600. The molecule has 0 aromatic heterocycles. The Balaban J connectivity index is 2.45. The third-order valence-electron chi connectivity index (χ3n) is 2.74. The van der Waals surface area contributed by atoms with Gasteiger partial charge >= 0.3 is 0 Å². The summed E-state index contributed by atoms with van der Waals surface area (Å²) >= 11 is 0. The van der Waals surface area contributed by atoms with E-state index in [1.54, 1.807) is 0 Å². The lowest BCUT2D eigenvalue weighted by Crippen LogP contribution is -2.11. The molecule has 1 rings (SSSR count). The summed E-state index contributed by atoms with van der Waals surface area (Å²) in [6.07, 6.45) is 2.19. The van der Waals surface area contributed by atoms with E-state index in [0.717, 1.165) is 38.3 Å². The van der Waals surface area contributed by atoms with Gasteiger partial charge < -0.3 is 14.8 Å². The maximum absolute atomic E-state index is 5.71. The van der Waals surface area contributed by atoms with Gasteiger partial charge in [0.05, 0.1) is 12.7 Å². The standard InChI is InChI=1S/C15H25NO2/c1-4-10-17-13(2)14-7-5-8-15(12-14)18-11-6-9-16-3/h5,7-8,12-13,16H,4,6,9-11H2,1-3H3. The van der Waals surface area contributed by atoms with E-state index in [-0.39, 0.29) is 6.10 Å². The van der Waals surface area contributed by atoms with Crippen LogP contribution in [0.4, 0.5) is 0 Å². The Morgan fingerprint density at radius 1 is 1.28 bits per heavy atom. The third kappa shape index (κ3) is 5.52. The molecule has 0 bridgehead atoms. The Hall–Kier alpha value is -1.06. The van der Waals surface area contributed by atoms with E-state index in [1.807, 2.05) is 19.2 Å². The Labute approximate surface area is 110 Å². The first-order valence-corrected chi connectivity index (χ1v) is 6.77. The predicted molar refractivity (Wildman–Crippen MR) is 75.1 cm³/mol. The predicted octanol–water partition coefficient (Wildman–Crippen LogP) is 3.16. The summed E-state index contributed by atoms with van der Waals surface area (Å²) in [7, 11) is 1.95. The summed E-state index contributed by atoms with van der Waals surface area (Å²) in [6, 6.07) is 8.17. The Kier molecular flexibility index (Phi) is 7.46. The number of nitrogens with one attached hydrogen (secondary N) is 1. The van der Waals surface area contributed by atoms with Crippen molar-refractivity contribution >= 4 is 0 Å². The van der Waals surface area contributed by atoms with Crippen molar-refractivity contribution in [2.75, 3.05) is 26.8 Å². The van der Waals surface area contributed by atoms with Gasteiger partial charge in [0, 0.05) is 6.61 Å². The molecule has 0 saturated carbocycles. The van der Waals surface area contributed by atoms with Crippen LogP contribution in [-0.4, -0.2) is 26.8 Å². The SMILES string of the molecule is CCCOC(C)c1cccc(OCCCNC)c1. The molecule has 18 heavy (non-hydrogen) atoms. The van der Waals surface area contributed by atoms with Gasteiger partial charge in [0.2, 0.25) is 0 Å². The molecule has 0 fully saturated rings. The molecule has 1 N–H and O–H groups in total. The van der Waals surface area contributed by atoms with Gasteiger partial charge in [0.25, 0.3) is 0 Å². The lowest BCUT2D eigenvalue weighted by atomic mass is 10.1. The Morgan fingerprint density at radius 2 is 2.11 bits per heavy atom. The molecule has 102 valence electrons. The zero-order chi connectivity index (χ0) is 13.2. The average molecular weight is 251 g/mol. The molecule has 1 atom stereocenters. The highest BCUT2D eigenvalue weighted by Gasteiger charge is 2.06. The molecule has 0 saturated heterocycles. The topological polar surface area (TPSA) is 30.5 Å². The molecule has 0 amide bonds. The summed E-state index contributed by atoms with van der Waals surface area (Å²) in [6.45, 7) is 6.72. The van der Waals surface area contributed by atoms with E-state index in [1.165, 1.54) is 5.56 Å². The summed E-state index contributed by atoms with van der Waals surface area (Å²) in [5.41, 5.74) is 1.18. The van der Waals surface area contributed by atoms with Crippen LogP contribution in [0.15, 0.2) is 24.3 Å². The van der Waals surface area contributed by atoms with Gasteiger partial charge in [-0.2, -0.15) is 0 Å². The fourth-order valence-corrected chi connectivity index (χ4v) is 1.69. The van der Waals surface area contributed by atoms with Crippen molar-refractivity contribution in [1.29, 1.82) is 0 Å². The van der Waals surface area contributed by atoms with E-state index in [2.05, 4.69) is 31.3 Å². The smallest absolute Gasteiger partial charge is 0.119 e. The van der Waals surface area contributed by atoms with Gasteiger partial charge in [-0.25, -0.2) is 0 Å². The minimum Gasteiger partial charge on any atom is -0.494 e. The van der Waals surface area contributed by atoms with Crippen LogP contribution in [0.3, 0.4) is 0 Å². The van der Waals surface area contributed by atoms with Gasteiger partial charge in [-0.3, -0.25) is 0 Å². The molecule has 3 nitrogen and oxygen atoms in total. The van der Waals surface area contributed by atoms with E-state index < -0.39 is 0 Å². The van der Waals surface area contributed by atoms with Crippen molar-refractivity contribution in [3.63, 3.8) is 0 Å². The van der Waals surface area contributed by atoms with Gasteiger partial charge in [-0.05, 0) is 51.1 Å². The Morgan fingerprint density at radius 3 is 2.83 bits per heavy atom. The van der Waals surface area contributed by atoms with Crippen LogP contribution < -0.4 is 10.1 Å². The van der Waals surface area contributed by atoms with Crippen LogP contribution in [0.2, 0.25) is 0 Å². The van der Waals surface area contributed by atoms with Crippen LogP contribution >= 0.6 is 0 Å². The number of hydrogen-bond donors (Lipinski definition) is 1. The minimum atomic E-state index is 0.130. The summed E-state index contributed by atoms with van der Waals surface area (Å²) in [5.74, 6) is 0.926. The van der Waals surface area contributed by atoms with E-state index in [9.17, 15) is 0 Å². The Bertz CT molecular complexity index is 328. The molecule has 1 aromatic carbocycles. The second-order valence-corrected chi connectivity index (χ2v) is 4.39. The summed E-state index contributed by atoms with van der Waals surface area (Å²) < 4.78 is 11.4.